The number of nitrogens with one attached hydrogen (secondary N) is 1. The number of halogens is 3. The van der Waals surface area contributed by atoms with Crippen LogP contribution in [0.5, 0.6) is 0 Å². The monoisotopic (exact) mass is 729 g/mol. The molecule has 0 saturated carbocycles. The Morgan fingerprint density at radius 1 is 0.844 bits per heavy atom. The third-order valence-corrected chi connectivity index (χ3v) is 10.4. The molecular formula is C34H34BrCl2N3O4S. The molecule has 2 atom stereocenters. The third-order valence-electron chi connectivity index (χ3n) is 7.34. The number of sulfonamides is 1. The second kappa shape index (κ2) is 15.8. The van der Waals surface area contributed by atoms with Gasteiger partial charge in [-0.15, -0.1) is 0 Å². The summed E-state index contributed by atoms with van der Waals surface area (Å²) in [6.07, 6.45) is 0.925. The number of nitrogens with zero attached hydrogens (tertiary/aromatic N) is 2. The molecule has 11 heteroatoms. The molecule has 0 unspecified atom stereocenters. The molecule has 0 heterocycles. The number of carbonyl (C=O) groups excluding carboxylic acids is 2. The van der Waals surface area contributed by atoms with Gasteiger partial charge >= 0.3 is 0 Å². The van der Waals surface area contributed by atoms with Crippen LogP contribution in [0.2, 0.25) is 10.0 Å². The van der Waals surface area contributed by atoms with Crippen LogP contribution in [0.3, 0.4) is 0 Å². The fourth-order valence-electron chi connectivity index (χ4n) is 4.67. The summed E-state index contributed by atoms with van der Waals surface area (Å²) in [5.74, 6) is -0.894. The lowest BCUT2D eigenvalue weighted by Gasteiger charge is -2.34. The van der Waals surface area contributed by atoms with Crippen LogP contribution in [-0.4, -0.2) is 43.8 Å². The summed E-state index contributed by atoms with van der Waals surface area (Å²) in [6.45, 7) is 3.34. The Bertz CT molecular complexity index is 1710. The molecule has 0 aromatic heterocycles. The van der Waals surface area contributed by atoms with E-state index in [1.165, 1.54) is 35.2 Å². The van der Waals surface area contributed by atoms with Gasteiger partial charge < -0.3 is 10.2 Å². The number of carbonyl (C=O) groups is 2. The van der Waals surface area contributed by atoms with Crippen LogP contribution in [0.15, 0.2) is 112 Å². The Morgan fingerprint density at radius 2 is 1.47 bits per heavy atom. The van der Waals surface area contributed by atoms with Crippen molar-refractivity contribution in [3.63, 3.8) is 0 Å². The lowest BCUT2D eigenvalue weighted by Crippen LogP contribution is -2.54. The first kappa shape index (κ1) is 34.5. The number of hydrogen-bond acceptors (Lipinski definition) is 4. The van der Waals surface area contributed by atoms with Crippen LogP contribution >= 0.6 is 39.1 Å². The molecule has 2 amide bonds. The van der Waals surface area contributed by atoms with Crippen molar-refractivity contribution in [2.45, 2.75) is 50.2 Å². The Kier molecular flexibility index (Phi) is 12.1. The lowest BCUT2D eigenvalue weighted by molar-refractivity contribution is -0.140. The average molecular weight is 732 g/mol. The zero-order valence-electron chi connectivity index (χ0n) is 24.9. The number of amides is 2. The maximum absolute atomic E-state index is 14.5. The third kappa shape index (κ3) is 9.10. The molecule has 4 rings (SSSR count). The van der Waals surface area contributed by atoms with Crippen LogP contribution < -0.4 is 9.62 Å². The van der Waals surface area contributed by atoms with Crippen molar-refractivity contribution in [1.29, 1.82) is 0 Å². The van der Waals surface area contributed by atoms with Crippen LogP contribution in [0.1, 0.15) is 31.4 Å². The highest BCUT2D eigenvalue weighted by Gasteiger charge is 2.35. The van der Waals surface area contributed by atoms with E-state index in [-0.39, 0.29) is 45.5 Å². The zero-order valence-corrected chi connectivity index (χ0v) is 28.8. The van der Waals surface area contributed by atoms with Crippen LogP contribution in [-0.2, 0) is 32.6 Å². The minimum atomic E-state index is -4.24. The van der Waals surface area contributed by atoms with Gasteiger partial charge in [-0.2, -0.15) is 0 Å². The van der Waals surface area contributed by atoms with Gasteiger partial charge in [-0.25, -0.2) is 8.42 Å². The molecular weight excluding hydrogens is 697 g/mol. The second-order valence-corrected chi connectivity index (χ2v) is 14.2. The van der Waals surface area contributed by atoms with Crippen molar-refractivity contribution in [2.24, 2.45) is 0 Å². The zero-order chi connectivity index (χ0) is 32.6. The van der Waals surface area contributed by atoms with E-state index in [0.29, 0.717) is 6.42 Å². The van der Waals surface area contributed by atoms with Crippen LogP contribution in [0.25, 0.3) is 0 Å². The molecule has 0 aliphatic carbocycles. The quantitative estimate of drug-likeness (QED) is 0.154. The maximum atomic E-state index is 14.5. The standard InChI is InChI=1S/C34H34BrCl2N3O4S/c1-3-24(2)38-34(42)32(20-25-10-6-4-7-11-25)39(22-26-14-16-27(35)17-15-26)33(41)23-40(28-18-19-30(36)31(37)21-28)45(43,44)29-12-8-5-9-13-29/h4-19,21,24,32H,3,20,22-23H2,1-2H3,(H,38,42)/t24-,32+/m0/s1. The highest BCUT2D eigenvalue weighted by molar-refractivity contribution is 9.10. The summed E-state index contributed by atoms with van der Waals surface area (Å²) in [5, 5.41) is 3.41. The summed E-state index contributed by atoms with van der Waals surface area (Å²) in [6, 6.07) is 28.0. The molecule has 0 fully saturated rings. The summed E-state index contributed by atoms with van der Waals surface area (Å²) >= 11 is 15.9. The molecule has 7 nitrogen and oxygen atoms in total. The lowest BCUT2D eigenvalue weighted by atomic mass is 10.0. The number of rotatable bonds is 13. The smallest absolute Gasteiger partial charge is 0.264 e. The van der Waals surface area contributed by atoms with Gasteiger partial charge in [-0.1, -0.05) is 107 Å². The van der Waals surface area contributed by atoms with Crippen molar-refractivity contribution >= 4 is 66.7 Å². The summed E-state index contributed by atoms with van der Waals surface area (Å²) in [4.78, 5) is 29.8. The first-order valence-electron chi connectivity index (χ1n) is 14.4. The van der Waals surface area contributed by atoms with Crippen LogP contribution in [0, 0.1) is 0 Å². The molecule has 1 N–H and O–H groups in total. The van der Waals surface area contributed by atoms with Gasteiger partial charge in [0.2, 0.25) is 11.8 Å². The fourth-order valence-corrected chi connectivity index (χ4v) is 6.65. The fraction of sp³-hybridized carbons (Fsp3) is 0.235. The molecule has 0 aliphatic rings. The average Bonchev–Trinajstić information content (AvgIpc) is 3.04. The van der Waals surface area contributed by atoms with Gasteiger partial charge in [0.15, 0.2) is 0 Å². The van der Waals surface area contributed by atoms with Gasteiger partial charge in [0.25, 0.3) is 10.0 Å². The van der Waals surface area contributed by atoms with E-state index >= 15 is 0 Å². The van der Waals surface area contributed by atoms with Crippen molar-refractivity contribution < 1.29 is 18.0 Å². The number of hydrogen-bond donors (Lipinski definition) is 1. The van der Waals surface area contributed by atoms with Gasteiger partial charge in [0.1, 0.15) is 12.6 Å². The van der Waals surface area contributed by atoms with E-state index in [0.717, 1.165) is 19.9 Å². The van der Waals surface area contributed by atoms with Gasteiger partial charge in [0, 0.05) is 23.5 Å². The minimum absolute atomic E-state index is 0.00122. The maximum Gasteiger partial charge on any atom is 0.264 e. The predicted molar refractivity (Wildman–Crippen MR) is 184 cm³/mol. The first-order valence-corrected chi connectivity index (χ1v) is 17.4. The molecule has 0 aliphatic heterocycles. The summed E-state index contributed by atoms with van der Waals surface area (Å²) < 4.78 is 30.0. The Hall–Kier alpha value is -3.37. The predicted octanol–water partition coefficient (Wildman–Crippen LogP) is 7.51. The first-order chi connectivity index (χ1) is 21.5. The SMILES string of the molecule is CC[C@H](C)NC(=O)[C@@H](Cc1ccccc1)N(Cc1ccc(Br)cc1)C(=O)CN(c1ccc(Cl)c(Cl)c1)S(=O)(=O)c1ccccc1. The molecule has 4 aromatic rings. The van der Waals surface area contributed by atoms with Crippen LogP contribution in [0.4, 0.5) is 5.69 Å². The largest absolute Gasteiger partial charge is 0.352 e. The highest BCUT2D eigenvalue weighted by Crippen LogP contribution is 2.31. The summed E-state index contributed by atoms with van der Waals surface area (Å²) in [5.41, 5.74) is 1.79. The van der Waals surface area contributed by atoms with Crippen molar-refractivity contribution in [3.05, 3.63) is 129 Å². The van der Waals surface area contributed by atoms with E-state index in [9.17, 15) is 18.0 Å². The second-order valence-electron chi connectivity index (χ2n) is 10.6. The van der Waals surface area contributed by atoms with Crippen molar-refractivity contribution in [1.82, 2.24) is 10.2 Å². The van der Waals surface area contributed by atoms with E-state index < -0.39 is 28.5 Å². The Labute approximate surface area is 283 Å². The number of benzene rings is 4. The van der Waals surface area contributed by atoms with E-state index in [2.05, 4.69) is 21.2 Å². The van der Waals surface area contributed by atoms with Gasteiger partial charge in [-0.05, 0) is 66.9 Å². The highest BCUT2D eigenvalue weighted by atomic mass is 79.9. The molecule has 236 valence electrons. The molecule has 0 bridgehead atoms. The van der Waals surface area contributed by atoms with Crippen molar-refractivity contribution in [3.8, 4) is 0 Å². The molecule has 4 aromatic carbocycles. The van der Waals surface area contributed by atoms with Gasteiger partial charge in [0.05, 0.1) is 20.6 Å². The Balaban J connectivity index is 1.81. The molecule has 0 saturated heterocycles. The number of anilines is 1. The van der Waals surface area contributed by atoms with Crippen molar-refractivity contribution in [2.75, 3.05) is 10.8 Å². The minimum Gasteiger partial charge on any atom is -0.352 e. The Morgan fingerprint density at radius 3 is 2.07 bits per heavy atom. The molecule has 0 spiro atoms. The van der Waals surface area contributed by atoms with E-state index in [1.807, 2.05) is 68.4 Å². The van der Waals surface area contributed by atoms with E-state index in [4.69, 9.17) is 23.2 Å². The topological polar surface area (TPSA) is 86.8 Å². The molecule has 0 radical (unpaired) electrons. The molecule has 45 heavy (non-hydrogen) atoms. The normalized spacial score (nSPS) is 12.6. The van der Waals surface area contributed by atoms with E-state index in [1.54, 1.807) is 18.2 Å². The summed E-state index contributed by atoms with van der Waals surface area (Å²) in [7, 11) is -4.24. The van der Waals surface area contributed by atoms with Gasteiger partial charge in [-0.3, -0.25) is 13.9 Å².